The van der Waals surface area contributed by atoms with Crippen molar-refractivity contribution in [1.29, 1.82) is 0 Å². The number of benzene rings is 3. The fourth-order valence-electron chi connectivity index (χ4n) is 3.54. The van der Waals surface area contributed by atoms with Crippen LogP contribution in [0.3, 0.4) is 0 Å². The molecule has 0 radical (unpaired) electrons. The van der Waals surface area contributed by atoms with E-state index < -0.39 is 10.0 Å². The van der Waals surface area contributed by atoms with Crippen LogP contribution in [0, 0.1) is 0 Å². The van der Waals surface area contributed by atoms with Gasteiger partial charge in [0, 0.05) is 25.4 Å². The van der Waals surface area contributed by atoms with Crippen molar-refractivity contribution in [3.63, 3.8) is 0 Å². The van der Waals surface area contributed by atoms with Gasteiger partial charge >= 0.3 is 0 Å². The van der Waals surface area contributed by atoms with Gasteiger partial charge in [-0.3, -0.25) is 0 Å². The molecule has 3 aromatic carbocycles. The Labute approximate surface area is 196 Å². The normalized spacial score (nSPS) is 13.6. The molecule has 0 N–H and O–H groups in total. The largest absolute Gasteiger partial charge is 0.242 e. The van der Waals surface area contributed by atoms with Gasteiger partial charge in [-0.05, 0) is 28.8 Å². The number of hydrogen-bond donors (Lipinski definition) is 0. The fourth-order valence-corrected chi connectivity index (χ4v) is 5.33. The van der Waals surface area contributed by atoms with Gasteiger partial charge < -0.3 is 0 Å². The molecule has 1 aromatic heterocycles. The van der Waals surface area contributed by atoms with E-state index in [0.29, 0.717) is 22.3 Å². The number of aromatic nitrogens is 3. The highest BCUT2D eigenvalue weighted by Gasteiger charge is 2.23. The Bertz CT molecular complexity index is 1440. The monoisotopic (exact) mass is 475 g/mol. The van der Waals surface area contributed by atoms with E-state index in [4.69, 9.17) is 5.10 Å². The lowest BCUT2D eigenvalue weighted by molar-refractivity contribution is 0.521. The maximum absolute atomic E-state index is 12.6. The molecule has 0 saturated carbocycles. The van der Waals surface area contributed by atoms with Gasteiger partial charge in [0.05, 0.1) is 10.6 Å². The third-order valence-electron chi connectivity index (χ3n) is 5.37. The van der Waals surface area contributed by atoms with Crippen LogP contribution in [0.25, 0.3) is 22.5 Å². The van der Waals surface area contributed by atoms with Crippen molar-refractivity contribution in [1.82, 2.24) is 19.2 Å². The zero-order valence-corrected chi connectivity index (χ0v) is 19.7. The molecule has 0 unspecified atom stereocenters. The highest BCUT2D eigenvalue weighted by molar-refractivity contribution is 7.99. The first kappa shape index (κ1) is 21.6. The molecule has 5 rings (SSSR count). The highest BCUT2D eigenvalue weighted by Crippen LogP contribution is 2.30. The lowest BCUT2D eigenvalue weighted by atomic mass is 10.0. The first-order valence-electron chi connectivity index (χ1n) is 10.3. The van der Waals surface area contributed by atoms with E-state index in [1.54, 1.807) is 34.6 Å². The fraction of sp³-hybridized carbons (Fsp3) is 0.125. The van der Waals surface area contributed by atoms with Crippen LogP contribution in [0.4, 0.5) is 0 Å². The number of nitrogens with zero attached hydrogens (tertiary/aromatic N) is 5. The summed E-state index contributed by atoms with van der Waals surface area (Å²) < 4.78 is 28.0. The van der Waals surface area contributed by atoms with E-state index in [1.807, 2.05) is 24.3 Å². The number of rotatable bonds is 5. The molecule has 2 heterocycles. The molecule has 166 valence electrons. The van der Waals surface area contributed by atoms with Crippen LogP contribution in [-0.4, -0.2) is 53.2 Å². The average Bonchev–Trinajstić information content (AvgIpc) is 3.28. The molecule has 0 spiro atoms. The van der Waals surface area contributed by atoms with Gasteiger partial charge in [-0.15, -0.1) is 10.2 Å². The van der Waals surface area contributed by atoms with E-state index in [-0.39, 0.29) is 4.90 Å². The minimum atomic E-state index is -3.56. The van der Waals surface area contributed by atoms with Crippen LogP contribution >= 0.6 is 11.8 Å². The average molecular weight is 476 g/mol. The second-order valence-corrected chi connectivity index (χ2v) is 10.8. The summed E-state index contributed by atoms with van der Waals surface area (Å²) in [4.78, 5) is 0.200. The molecule has 0 atom stereocenters. The molecule has 0 bridgehead atoms. The number of thioether (sulfide) groups is 1. The summed E-state index contributed by atoms with van der Waals surface area (Å²) in [5, 5.41) is 14.0. The molecule has 9 heteroatoms. The SMILES string of the molecule is CN(C)S(=O)(=O)c1cccc(-c2nnc3n2N=C(c2ccc(-c4ccccc4)cc2)CS3)c1. The predicted molar refractivity (Wildman–Crippen MR) is 131 cm³/mol. The van der Waals surface area contributed by atoms with Crippen molar-refractivity contribution >= 4 is 27.5 Å². The first-order valence-corrected chi connectivity index (χ1v) is 12.7. The van der Waals surface area contributed by atoms with Gasteiger partial charge in [-0.25, -0.2) is 12.7 Å². The van der Waals surface area contributed by atoms with Crippen LogP contribution in [-0.2, 0) is 10.0 Å². The third kappa shape index (κ3) is 4.10. The molecule has 4 aromatic rings. The molecular weight excluding hydrogens is 454 g/mol. The zero-order chi connectivity index (χ0) is 23.0. The second kappa shape index (κ2) is 8.58. The zero-order valence-electron chi connectivity index (χ0n) is 18.1. The van der Waals surface area contributed by atoms with E-state index in [0.717, 1.165) is 16.8 Å². The van der Waals surface area contributed by atoms with E-state index >= 15 is 0 Å². The van der Waals surface area contributed by atoms with E-state index in [2.05, 4.69) is 46.6 Å². The minimum Gasteiger partial charge on any atom is -0.207 e. The Morgan fingerprint density at radius 2 is 1.48 bits per heavy atom. The van der Waals surface area contributed by atoms with Crippen LogP contribution in [0.15, 0.2) is 94.0 Å². The summed E-state index contributed by atoms with van der Waals surface area (Å²) in [6.45, 7) is 0. The summed E-state index contributed by atoms with van der Waals surface area (Å²) >= 11 is 1.55. The molecule has 0 aliphatic carbocycles. The molecule has 0 amide bonds. The van der Waals surface area contributed by atoms with E-state index in [9.17, 15) is 8.42 Å². The van der Waals surface area contributed by atoms with Gasteiger partial charge in [-0.1, -0.05) is 78.5 Å². The molecule has 1 aliphatic heterocycles. The van der Waals surface area contributed by atoms with Crippen LogP contribution < -0.4 is 0 Å². The Morgan fingerprint density at radius 3 is 2.21 bits per heavy atom. The van der Waals surface area contributed by atoms with Crippen molar-refractivity contribution in [2.24, 2.45) is 5.10 Å². The molecule has 0 fully saturated rings. The van der Waals surface area contributed by atoms with Crippen molar-refractivity contribution < 1.29 is 8.42 Å². The molecule has 1 aliphatic rings. The smallest absolute Gasteiger partial charge is 0.207 e. The van der Waals surface area contributed by atoms with Gasteiger partial charge in [0.25, 0.3) is 0 Å². The minimum absolute atomic E-state index is 0.200. The second-order valence-electron chi connectivity index (χ2n) is 7.71. The van der Waals surface area contributed by atoms with Crippen molar-refractivity contribution in [3.05, 3.63) is 84.4 Å². The van der Waals surface area contributed by atoms with Gasteiger partial charge in [0.1, 0.15) is 0 Å². The number of sulfonamides is 1. The molecule has 0 saturated heterocycles. The Balaban J connectivity index is 1.50. The standard InChI is InChI=1S/C24H21N5O2S2/c1-28(2)33(30,31)21-10-6-9-20(15-21)23-25-26-24-29(23)27-22(16-32-24)19-13-11-18(12-14-19)17-7-4-3-5-8-17/h3-15H,16H2,1-2H3. The third-order valence-corrected chi connectivity index (χ3v) is 8.11. The van der Waals surface area contributed by atoms with Gasteiger partial charge in [0.15, 0.2) is 5.82 Å². The Morgan fingerprint density at radius 1 is 0.818 bits per heavy atom. The molecule has 33 heavy (non-hydrogen) atoms. The van der Waals surface area contributed by atoms with Gasteiger partial charge in [-0.2, -0.15) is 9.78 Å². The highest BCUT2D eigenvalue weighted by atomic mass is 32.2. The summed E-state index contributed by atoms with van der Waals surface area (Å²) in [6, 6.07) is 25.3. The summed E-state index contributed by atoms with van der Waals surface area (Å²) in [7, 11) is -0.535. The lowest BCUT2D eigenvalue weighted by Gasteiger charge is -2.15. The molecular formula is C24H21N5O2S2. The Hall–Kier alpha value is -3.27. The summed E-state index contributed by atoms with van der Waals surface area (Å²) in [6.07, 6.45) is 0. The number of hydrogen-bond acceptors (Lipinski definition) is 6. The van der Waals surface area contributed by atoms with Crippen molar-refractivity contribution in [2.75, 3.05) is 19.8 Å². The predicted octanol–water partition coefficient (Wildman–Crippen LogP) is 4.22. The van der Waals surface area contributed by atoms with Crippen LogP contribution in [0.2, 0.25) is 0 Å². The maximum atomic E-state index is 12.6. The summed E-state index contributed by atoms with van der Waals surface area (Å²) in [5.74, 6) is 1.18. The molecule has 7 nitrogen and oxygen atoms in total. The van der Waals surface area contributed by atoms with E-state index in [1.165, 1.54) is 24.0 Å². The van der Waals surface area contributed by atoms with Crippen LogP contribution in [0.1, 0.15) is 5.56 Å². The quantitative estimate of drug-likeness (QED) is 0.432. The first-order chi connectivity index (χ1) is 15.9. The maximum Gasteiger partial charge on any atom is 0.242 e. The topological polar surface area (TPSA) is 80.5 Å². The van der Waals surface area contributed by atoms with Crippen molar-refractivity contribution in [2.45, 2.75) is 10.1 Å². The summed E-state index contributed by atoms with van der Waals surface area (Å²) in [5.41, 5.74) is 4.89. The van der Waals surface area contributed by atoms with Crippen molar-refractivity contribution in [3.8, 4) is 22.5 Å². The number of fused-ring (bicyclic) bond motifs is 1. The van der Waals surface area contributed by atoms with Crippen LogP contribution in [0.5, 0.6) is 0 Å². The lowest BCUT2D eigenvalue weighted by Crippen LogP contribution is -2.22. The van der Waals surface area contributed by atoms with Gasteiger partial charge in [0.2, 0.25) is 15.2 Å². The Kier molecular flexibility index (Phi) is 5.61.